The Labute approximate surface area is 185 Å². The fraction of sp³-hybridized carbons (Fsp3) is 0.200. The molecule has 0 aliphatic carbocycles. The first kappa shape index (κ1) is 21.4. The summed E-state index contributed by atoms with van der Waals surface area (Å²) in [6.07, 6.45) is 3.79. The number of benzene rings is 2. The van der Waals surface area contributed by atoms with Crippen LogP contribution in [0.25, 0.3) is 10.9 Å². The molecule has 0 aliphatic rings. The summed E-state index contributed by atoms with van der Waals surface area (Å²) in [4.78, 5) is 20.3. The first-order chi connectivity index (χ1) is 15.5. The third kappa shape index (κ3) is 4.15. The van der Waals surface area contributed by atoms with Gasteiger partial charge in [-0.05, 0) is 24.6 Å². The van der Waals surface area contributed by atoms with E-state index in [4.69, 9.17) is 4.74 Å². The zero-order chi connectivity index (χ0) is 22.6. The van der Waals surface area contributed by atoms with Gasteiger partial charge < -0.3 is 24.8 Å². The smallest absolute Gasteiger partial charge is 0.407 e. The van der Waals surface area contributed by atoms with Crippen molar-refractivity contribution in [3.8, 4) is 5.75 Å². The average molecular weight is 431 g/mol. The van der Waals surface area contributed by atoms with Crippen molar-refractivity contribution in [2.24, 2.45) is 0 Å². The van der Waals surface area contributed by atoms with Crippen molar-refractivity contribution < 1.29 is 19.7 Å². The molecule has 0 aliphatic heterocycles. The number of hydrogen-bond donors (Lipinski definition) is 3. The van der Waals surface area contributed by atoms with Crippen LogP contribution >= 0.6 is 0 Å². The molecule has 1 amide bonds. The van der Waals surface area contributed by atoms with Gasteiger partial charge in [-0.3, -0.25) is 4.98 Å². The van der Waals surface area contributed by atoms with E-state index in [2.05, 4.69) is 9.97 Å². The van der Waals surface area contributed by atoms with E-state index >= 15 is 0 Å². The minimum Gasteiger partial charge on any atom is -0.487 e. The Bertz CT molecular complexity index is 1190. The standard InChI is InChI=1S/C25H25N3O4/c1-2-28(24(29)30)17-25(31,19-10-7-13-26-14-19)21-15-27-23-20(21)11-6-12-22(23)32-16-18-8-4-3-5-9-18/h3-15,27,31H,2,16-17H2,1H3,(H,29,30)/t25-/m0/s1. The molecule has 0 fully saturated rings. The van der Waals surface area contributed by atoms with Crippen molar-refractivity contribution in [1.29, 1.82) is 0 Å². The number of nitrogens with zero attached hydrogens (tertiary/aromatic N) is 2. The molecule has 2 heterocycles. The maximum Gasteiger partial charge on any atom is 0.407 e. The number of nitrogens with one attached hydrogen (secondary N) is 1. The number of pyridine rings is 1. The number of H-pyrrole nitrogens is 1. The molecule has 0 saturated carbocycles. The number of fused-ring (bicyclic) bond motifs is 1. The maximum absolute atomic E-state index is 11.9. The number of likely N-dealkylation sites (N-methyl/N-ethyl adjacent to an activating group) is 1. The highest BCUT2D eigenvalue weighted by Crippen LogP contribution is 2.38. The third-order valence-electron chi connectivity index (χ3n) is 5.57. The Morgan fingerprint density at radius 2 is 1.94 bits per heavy atom. The lowest BCUT2D eigenvalue weighted by molar-refractivity contribution is 0.0388. The lowest BCUT2D eigenvalue weighted by atomic mass is 9.86. The van der Waals surface area contributed by atoms with Gasteiger partial charge >= 0.3 is 6.09 Å². The van der Waals surface area contributed by atoms with Crippen molar-refractivity contribution >= 4 is 17.0 Å². The van der Waals surface area contributed by atoms with E-state index in [1.807, 2.05) is 48.5 Å². The highest BCUT2D eigenvalue weighted by Gasteiger charge is 2.37. The third-order valence-corrected chi connectivity index (χ3v) is 5.57. The topological polar surface area (TPSA) is 98.7 Å². The van der Waals surface area contributed by atoms with Crippen LogP contribution in [0.3, 0.4) is 0 Å². The van der Waals surface area contributed by atoms with Gasteiger partial charge in [0.05, 0.1) is 12.1 Å². The van der Waals surface area contributed by atoms with Crippen molar-refractivity contribution in [3.63, 3.8) is 0 Å². The number of para-hydroxylation sites is 1. The fourth-order valence-corrected chi connectivity index (χ4v) is 3.85. The van der Waals surface area contributed by atoms with Crippen LogP contribution in [0.4, 0.5) is 4.79 Å². The van der Waals surface area contributed by atoms with Gasteiger partial charge in [0.2, 0.25) is 0 Å². The van der Waals surface area contributed by atoms with Crippen LogP contribution in [0.2, 0.25) is 0 Å². The minimum absolute atomic E-state index is 0.132. The monoisotopic (exact) mass is 431 g/mol. The molecule has 0 radical (unpaired) electrons. The van der Waals surface area contributed by atoms with E-state index < -0.39 is 11.7 Å². The highest BCUT2D eigenvalue weighted by atomic mass is 16.5. The Balaban J connectivity index is 1.75. The van der Waals surface area contributed by atoms with E-state index in [0.717, 1.165) is 16.5 Å². The van der Waals surface area contributed by atoms with Gasteiger partial charge in [0.25, 0.3) is 0 Å². The molecule has 32 heavy (non-hydrogen) atoms. The molecular weight excluding hydrogens is 406 g/mol. The van der Waals surface area contributed by atoms with Gasteiger partial charge in [0.1, 0.15) is 18.0 Å². The molecule has 2 aromatic carbocycles. The largest absolute Gasteiger partial charge is 0.487 e. The summed E-state index contributed by atoms with van der Waals surface area (Å²) in [6.45, 7) is 2.25. The zero-order valence-corrected chi connectivity index (χ0v) is 17.7. The molecular formula is C25H25N3O4. The maximum atomic E-state index is 11.9. The highest BCUT2D eigenvalue weighted by molar-refractivity contribution is 5.89. The number of amides is 1. The first-order valence-corrected chi connectivity index (χ1v) is 10.4. The predicted molar refractivity (Wildman–Crippen MR) is 122 cm³/mol. The zero-order valence-electron chi connectivity index (χ0n) is 17.7. The van der Waals surface area contributed by atoms with Crippen LogP contribution in [0.5, 0.6) is 5.75 Å². The molecule has 4 rings (SSSR count). The van der Waals surface area contributed by atoms with Crippen LogP contribution in [-0.2, 0) is 12.2 Å². The molecule has 1 atom stereocenters. The summed E-state index contributed by atoms with van der Waals surface area (Å²) in [5.41, 5.74) is 1.25. The van der Waals surface area contributed by atoms with E-state index in [1.165, 1.54) is 4.90 Å². The molecule has 164 valence electrons. The number of aromatic nitrogens is 2. The van der Waals surface area contributed by atoms with Gasteiger partial charge in [-0.25, -0.2) is 4.79 Å². The molecule has 0 saturated heterocycles. The summed E-state index contributed by atoms with van der Waals surface area (Å²) < 4.78 is 6.05. The Kier molecular flexibility index (Phi) is 6.09. The van der Waals surface area contributed by atoms with Gasteiger partial charge in [0.15, 0.2) is 0 Å². The quantitative estimate of drug-likeness (QED) is 0.385. The summed E-state index contributed by atoms with van der Waals surface area (Å²) in [5.74, 6) is 0.650. The van der Waals surface area contributed by atoms with Crippen molar-refractivity contribution in [2.45, 2.75) is 19.1 Å². The van der Waals surface area contributed by atoms with E-state index in [-0.39, 0.29) is 13.1 Å². The van der Waals surface area contributed by atoms with Crippen molar-refractivity contribution in [2.75, 3.05) is 13.1 Å². The Morgan fingerprint density at radius 3 is 2.62 bits per heavy atom. The van der Waals surface area contributed by atoms with Crippen LogP contribution in [0, 0.1) is 0 Å². The van der Waals surface area contributed by atoms with Gasteiger partial charge in [-0.1, -0.05) is 48.5 Å². The predicted octanol–water partition coefficient (Wildman–Crippen LogP) is 4.38. The number of aliphatic hydroxyl groups is 1. The van der Waals surface area contributed by atoms with Gasteiger partial charge in [0, 0.05) is 41.6 Å². The number of aromatic amines is 1. The lowest BCUT2D eigenvalue weighted by Gasteiger charge is -2.33. The normalized spacial score (nSPS) is 12.9. The molecule has 0 unspecified atom stereocenters. The molecule has 3 N–H and O–H groups in total. The number of hydrogen-bond acceptors (Lipinski definition) is 4. The minimum atomic E-state index is -1.60. The molecule has 7 nitrogen and oxygen atoms in total. The van der Waals surface area contributed by atoms with E-state index in [9.17, 15) is 15.0 Å². The lowest BCUT2D eigenvalue weighted by Crippen LogP contribution is -2.44. The van der Waals surface area contributed by atoms with Gasteiger partial charge in [-0.2, -0.15) is 0 Å². The summed E-state index contributed by atoms with van der Waals surface area (Å²) in [6, 6.07) is 18.9. The number of carbonyl (C=O) groups is 1. The fourth-order valence-electron chi connectivity index (χ4n) is 3.85. The second-order valence-corrected chi connectivity index (χ2v) is 7.55. The van der Waals surface area contributed by atoms with Crippen LogP contribution in [0.15, 0.2) is 79.3 Å². The molecule has 4 aromatic rings. The number of ether oxygens (including phenoxy) is 1. The molecule has 0 spiro atoms. The van der Waals surface area contributed by atoms with Gasteiger partial charge in [-0.15, -0.1) is 0 Å². The van der Waals surface area contributed by atoms with Crippen LogP contribution in [0.1, 0.15) is 23.6 Å². The number of rotatable bonds is 8. The molecule has 2 aromatic heterocycles. The van der Waals surface area contributed by atoms with Crippen LogP contribution < -0.4 is 4.74 Å². The molecule has 7 heteroatoms. The molecule has 0 bridgehead atoms. The Morgan fingerprint density at radius 1 is 1.12 bits per heavy atom. The first-order valence-electron chi connectivity index (χ1n) is 10.4. The summed E-state index contributed by atoms with van der Waals surface area (Å²) in [5, 5.41) is 22.2. The SMILES string of the molecule is CCN(C[C@](O)(c1cccnc1)c1c[nH]c2c(OCc3ccccc3)cccc12)C(=O)O. The second kappa shape index (κ2) is 9.11. The second-order valence-electron chi connectivity index (χ2n) is 7.55. The van der Waals surface area contributed by atoms with E-state index in [1.54, 1.807) is 37.6 Å². The summed E-state index contributed by atoms with van der Waals surface area (Å²) >= 11 is 0. The van der Waals surface area contributed by atoms with Crippen molar-refractivity contribution in [3.05, 3.63) is 95.9 Å². The van der Waals surface area contributed by atoms with E-state index in [0.29, 0.717) is 23.5 Å². The summed E-state index contributed by atoms with van der Waals surface area (Å²) in [7, 11) is 0. The average Bonchev–Trinajstić information content (AvgIpc) is 3.27. The van der Waals surface area contributed by atoms with Crippen molar-refractivity contribution in [1.82, 2.24) is 14.9 Å². The number of carboxylic acid groups (broad SMARTS) is 1. The Hall–Kier alpha value is -3.84. The van der Waals surface area contributed by atoms with Crippen LogP contribution in [-0.4, -0.2) is 44.3 Å².